The van der Waals surface area contributed by atoms with E-state index in [-0.39, 0.29) is 5.56 Å². The second-order valence-electron chi connectivity index (χ2n) is 8.79. The zero-order valence-corrected chi connectivity index (χ0v) is 17.3. The van der Waals surface area contributed by atoms with Crippen molar-refractivity contribution in [3.8, 4) is 16.9 Å². The van der Waals surface area contributed by atoms with E-state index in [4.69, 9.17) is 5.11 Å². The molecule has 0 spiro atoms. The molecule has 0 radical (unpaired) electrons. The van der Waals surface area contributed by atoms with Crippen molar-refractivity contribution < 1.29 is 9.90 Å². The minimum absolute atomic E-state index is 0.285. The van der Waals surface area contributed by atoms with Crippen LogP contribution in [-0.4, -0.2) is 26.9 Å². The lowest BCUT2D eigenvalue weighted by Crippen LogP contribution is -2.32. The molecule has 2 aliphatic rings. The monoisotopic (exact) mass is 401 g/mol. The number of benzene rings is 2. The van der Waals surface area contributed by atoms with E-state index < -0.39 is 5.97 Å². The maximum Gasteiger partial charge on any atom is 0.335 e. The molecule has 1 saturated carbocycles. The Hall–Kier alpha value is -2.92. The summed E-state index contributed by atoms with van der Waals surface area (Å²) < 4.78 is 1.92. The van der Waals surface area contributed by atoms with Gasteiger partial charge in [-0.05, 0) is 67.0 Å². The molecule has 2 aliphatic carbocycles. The van der Waals surface area contributed by atoms with Crippen molar-refractivity contribution >= 4 is 5.97 Å². The lowest BCUT2D eigenvalue weighted by molar-refractivity contribution is 0.0697. The molecule has 0 bridgehead atoms. The Balaban J connectivity index is 1.34. The summed E-state index contributed by atoms with van der Waals surface area (Å²) in [6.45, 7) is 3.28. The number of aromatic carboxylic acids is 1. The fourth-order valence-electron chi connectivity index (χ4n) is 4.81. The number of carboxylic acid groups (broad SMARTS) is 1. The minimum atomic E-state index is -0.915. The minimum Gasteiger partial charge on any atom is -0.478 e. The van der Waals surface area contributed by atoms with Gasteiger partial charge in [-0.1, -0.05) is 25.1 Å². The first-order valence-electron chi connectivity index (χ1n) is 10.8. The van der Waals surface area contributed by atoms with Gasteiger partial charge >= 0.3 is 5.97 Å². The molecule has 1 aromatic heterocycles. The van der Waals surface area contributed by atoms with Crippen LogP contribution in [0.3, 0.4) is 0 Å². The standard InChI is InChI=1S/C25H27N3O2/c1-16-2-7-21(8-3-16)26-14-17-4-11-23-19(12-17)13-20-15-27-28(24(20)23)22-9-5-18(6-10-22)25(29)30/h4-6,9-12,15-16,21,26H,2-3,7-8,13-14H2,1H3,(H,29,30). The second-order valence-corrected chi connectivity index (χ2v) is 8.79. The van der Waals surface area contributed by atoms with Gasteiger partial charge in [0.05, 0.1) is 23.1 Å². The molecule has 5 nitrogen and oxygen atoms in total. The van der Waals surface area contributed by atoms with Gasteiger partial charge < -0.3 is 10.4 Å². The molecule has 5 rings (SSSR count). The van der Waals surface area contributed by atoms with Crippen molar-refractivity contribution in [2.24, 2.45) is 5.92 Å². The lowest BCUT2D eigenvalue weighted by atomic mass is 9.87. The third-order valence-corrected chi connectivity index (χ3v) is 6.62. The summed E-state index contributed by atoms with van der Waals surface area (Å²) in [4.78, 5) is 11.1. The van der Waals surface area contributed by atoms with E-state index in [2.05, 4.69) is 35.5 Å². The van der Waals surface area contributed by atoms with Crippen LogP contribution in [0, 0.1) is 5.92 Å². The fourth-order valence-corrected chi connectivity index (χ4v) is 4.81. The van der Waals surface area contributed by atoms with Crippen molar-refractivity contribution in [1.29, 1.82) is 0 Å². The number of nitrogens with zero attached hydrogens (tertiary/aromatic N) is 2. The van der Waals surface area contributed by atoms with Crippen LogP contribution in [0.4, 0.5) is 0 Å². The van der Waals surface area contributed by atoms with Crippen molar-refractivity contribution in [3.05, 3.63) is 70.9 Å². The van der Waals surface area contributed by atoms with E-state index in [1.165, 1.54) is 47.9 Å². The molecule has 5 heteroatoms. The predicted octanol–water partition coefficient (Wildman–Crippen LogP) is 4.81. The van der Waals surface area contributed by atoms with E-state index in [0.717, 1.165) is 30.3 Å². The Labute approximate surface area is 176 Å². The van der Waals surface area contributed by atoms with E-state index in [1.54, 1.807) is 12.1 Å². The number of rotatable bonds is 5. The molecule has 3 aromatic rings. The van der Waals surface area contributed by atoms with Crippen LogP contribution < -0.4 is 5.32 Å². The summed E-state index contributed by atoms with van der Waals surface area (Å²) in [5.41, 5.74) is 7.41. The number of hydrogen-bond donors (Lipinski definition) is 2. The van der Waals surface area contributed by atoms with Crippen LogP contribution in [0.2, 0.25) is 0 Å². The smallest absolute Gasteiger partial charge is 0.335 e. The van der Waals surface area contributed by atoms with Gasteiger partial charge in [0.25, 0.3) is 0 Å². The van der Waals surface area contributed by atoms with Crippen molar-refractivity contribution in [3.63, 3.8) is 0 Å². The van der Waals surface area contributed by atoms with Gasteiger partial charge in [0.1, 0.15) is 0 Å². The Bertz CT molecular complexity index is 1080. The zero-order valence-electron chi connectivity index (χ0n) is 17.3. The molecule has 2 aromatic carbocycles. The molecule has 0 atom stereocenters. The van der Waals surface area contributed by atoms with Gasteiger partial charge in [0.15, 0.2) is 0 Å². The van der Waals surface area contributed by atoms with Gasteiger partial charge in [-0.25, -0.2) is 9.48 Å². The van der Waals surface area contributed by atoms with Crippen LogP contribution in [0.5, 0.6) is 0 Å². The van der Waals surface area contributed by atoms with Gasteiger partial charge in [-0.3, -0.25) is 0 Å². The summed E-state index contributed by atoms with van der Waals surface area (Å²) in [5.74, 6) is -0.0390. The Kier molecular flexibility index (Phi) is 4.91. The van der Waals surface area contributed by atoms with Crippen molar-refractivity contribution in [1.82, 2.24) is 15.1 Å². The molecule has 0 amide bonds. The first-order chi connectivity index (χ1) is 14.6. The number of fused-ring (bicyclic) bond motifs is 3. The average molecular weight is 402 g/mol. The molecular formula is C25H27N3O2. The number of nitrogens with one attached hydrogen (secondary N) is 1. The maximum atomic E-state index is 11.1. The zero-order chi connectivity index (χ0) is 20.7. The Morgan fingerprint density at radius 3 is 2.60 bits per heavy atom. The average Bonchev–Trinajstić information content (AvgIpc) is 3.32. The van der Waals surface area contributed by atoms with Crippen LogP contribution in [0.1, 0.15) is 59.7 Å². The van der Waals surface area contributed by atoms with Gasteiger partial charge in [0, 0.05) is 30.1 Å². The van der Waals surface area contributed by atoms with Gasteiger partial charge in [0.2, 0.25) is 0 Å². The third kappa shape index (κ3) is 3.54. The predicted molar refractivity (Wildman–Crippen MR) is 117 cm³/mol. The van der Waals surface area contributed by atoms with Crippen LogP contribution in [-0.2, 0) is 13.0 Å². The molecule has 1 fully saturated rings. The highest BCUT2D eigenvalue weighted by Gasteiger charge is 2.25. The first kappa shape index (κ1) is 19.1. The molecule has 0 saturated heterocycles. The number of carbonyl (C=O) groups is 1. The van der Waals surface area contributed by atoms with Crippen molar-refractivity contribution in [2.75, 3.05) is 0 Å². The third-order valence-electron chi connectivity index (χ3n) is 6.62. The van der Waals surface area contributed by atoms with Crippen LogP contribution in [0.25, 0.3) is 16.9 Å². The number of carboxylic acids is 1. The summed E-state index contributed by atoms with van der Waals surface area (Å²) in [5, 5.41) is 17.4. The van der Waals surface area contributed by atoms with E-state index in [0.29, 0.717) is 6.04 Å². The maximum absolute atomic E-state index is 11.1. The van der Waals surface area contributed by atoms with Crippen molar-refractivity contribution in [2.45, 2.75) is 51.6 Å². The summed E-state index contributed by atoms with van der Waals surface area (Å²) in [6, 6.07) is 14.3. The SMILES string of the molecule is CC1CCC(NCc2ccc3c(c2)Cc2cnn(-c4ccc(C(=O)O)cc4)c2-3)CC1. The normalized spacial score (nSPS) is 20.0. The lowest BCUT2D eigenvalue weighted by Gasteiger charge is -2.27. The topological polar surface area (TPSA) is 67.2 Å². The molecule has 1 heterocycles. The Morgan fingerprint density at radius 2 is 1.87 bits per heavy atom. The van der Waals surface area contributed by atoms with E-state index >= 15 is 0 Å². The molecule has 154 valence electrons. The number of aromatic nitrogens is 2. The molecule has 0 aliphatic heterocycles. The highest BCUT2D eigenvalue weighted by molar-refractivity contribution is 5.87. The second kappa shape index (κ2) is 7.73. The fraction of sp³-hybridized carbons (Fsp3) is 0.360. The van der Waals surface area contributed by atoms with Gasteiger partial charge in [-0.2, -0.15) is 5.10 Å². The largest absolute Gasteiger partial charge is 0.478 e. The quantitative estimate of drug-likeness (QED) is 0.504. The summed E-state index contributed by atoms with van der Waals surface area (Å²) >= 11 is 0. The van der Waals surface area contributed by atoms with Crippen LogP contribution >= 0.6 is 0 Å². The summed E-state index contributed by atoms with van der Waals surface area (Å²) in [6.07, 6.45) is 8.07. The Morgan fingerprint density at radius 1 is 1.10 bits per heavy atom. The van der Waals surface area contributed by atoms with E-state index in [9.17, 15) is 4.79 Å². The molecule has 0 unspecified atom stereocenters. The molecule has 30 heavy (non-hydrogen) atoms. The highest BCUT2D eigenvalue weighted by Crippen LogP contribution is 2.38. The van der Waals surface area contributed by atoms with Gasteiger partial charge in [-0.15, -0.1) is 0 Å². The van der Waals surface area contributed by atoms with Crippen LogP contribution in [0.15, 0.2) is 48.7 Å². The summed E-state index contributed by atoms with van der Waals surface area (Å²) in [7, 11) is 0. The highest BCUT2D eigenvalue weighted by atomic mass is 16.4. The number of hydrogen-bond acceptors (Lipinski definition) is 3. The van der Waals surface area contributed by atoms with E-state index in [1.807, 2.05) is 23.0 Å². The molecular weight excluding hydrogens is 374 g/mol. The molecule has 2 N–H and O–H groups in total. The first-order valence-corrected chi connectivity index (χ1v) is 10.8.